The summed E-state index contributed by atoms with van der Waals surface area (Å²) in [5, 5.41) is 11.5. The summed E-state index contributed by atoms with van der Waals surface area (Å²) in [6.45, 7) is 3.90. The highest BCUT2D eigenvalue weighted by Gasteiger charge is 2.17. The summed E-state index contributed by atoms with van der Waals surface area (Å²) >= 11 is 1.66. The van der Waals surface area contributed by atoms with Crippen LogP contribution in [0.25, 0.3) is 0 Å². The van der Waals surface area contributed by atoms with Crippen LogP contribution in [0.1, 0.15) is 20.3 Å². The molecule has 1 atom stereocenters. The topological polar surface area (TPSA) is 69.6 Å². The summed E-state index contributed by atoms with van der Waals surface area (Å²) in [6.07, 6.45) is 2.82. The molecule has 2 amide bonds. The lowest BCUT2D eigenvalue weighted by Gasteiger charge is -2.23. The normalized spacial score (nSPS) is 11.9. The molecule has 0 radical (unpaired) electrons. The van der Waals surface area contributed by atoms with E-state index in [1.165, 1.54) is 4.90 Å². The summed E-state index contributed by atoms with van der Waals surface area (Å²) in [6, 6.07) is -0.198. The van der Waals surface area contributed by atoms with E-state index in [9.17, 15) is 9.59 Å². The Hall–Kier alpha value is -0.910. The number of carbonyl (C=O) groups excluding carboxylic acids is 1. The van der Waals surface area contributed by atoms with E-state index < -0.39 is 5.97 Å². The van der Waals surface area contributed by atoms with E-state index in [1.807, 2.05) is 13.2 Å². The van der Waals surface area contributed by atoms with Gasteiger partial charge in [0.25, 0.3) is 0 Å². The summed E-state index contributed by atoms with van der Waals surface area (Å²) in [5.41, 5.74) is 0. The van der Waals surface area contributed by atoms with Crippen LogP contribution in [0.2, 0.25) is 0 Å². The third-order valence-electron chi connectivity index (χ3n) is 2.18. The van der Waals surface area contributed by atoms with E-state index in [0.29, 0.717) is 6.54 Å². The average molecular weight is 248 g/mol. The fraction of sp³-hybridized carbons (Fsp3) is 0.800. The average Bonchev–Trinajstić information content (AvgIpc) is 2.24. The van der Waals surface area contributed by atoms with Crippen LogP contribution in [0.5, 0.6) is 0 Å². The molecule has 1 unspecified atom stereocenters. The molecular weight excluding hydrogens is 228 g/mol. The summed E-state index contributed by atoms with van der Waals surface area (Å²) < 4.78 is 0. The molecule has 0 heterocycles. The van der Waals surface area contributed by atoms with Gasteiger partial charge < -0.3 is 15.3 Å². The number of nitrogens with zero attached hydrogens (tertiary/aromatic N) is 1. The van der Waals surface area contributed by atoms with E-state index in [1.54, 1.807) is 18.7 Å². The highest BCUT2D eigenvalue weighted by atomic mass is 32.2. The van der Waals surface area contributed by atoms with Gasteiger partial charge in [-0.25, -0.2) is 4.79 Å². The molecule has 0 rings (SSSR count). The van der Waals surface area contributed by atoms with Crippen molar-refractivity contribution in [3.8, 4) is 0 Å². The Balaban J connectivity index is 4.22. The second kappa shape index (κ2) is 8.27. The zero-order valence-corrected chi connectivity index (χ0v) is 10.8. The molecule has 0 fully saturated rings. The standard InChI is InChI=1S/C10H20N2O3S/c1-4-8(7-16-3)11-10(15)12(5-2)6-9(13)14/h8H,4-7H2,1-3H3,(H,11,15)(H,13,14). The van der Waals surface area contributed by atoms with Gasteiger partial charge in [-0.1, -0.05) is 6.92 Å². The maximum Gasteiger partial charge on any atom is 0.323 e. The molecule has 0 aliphatic heterocycles. The molecule has 0 bridgehead atoms. The van der Waals surface area contributed by atoms with Gasteiger partial charge in [-0.15, -0.1) is 0 Å². The van der Waals surface area contributed by atoms with Crippen molar-refractivity contribution in [1.29, 1.82) is 0 Å². The van der Waals surface area contributed by atoms with Gasteiger partial charge in [0.2, 0.25) is 0 Å². The van der Waals surface area contributed by atoms with Crippen LogP contribution >= 0.6 is 11.8 Å². The molecule has 16 heavy (non-hydrogen) atoms. The van der Waals surface area contributed by atoms with Crippen molar-refractivity contribution < 1.29 is 14.7 Å². The van der Waals surface area contributed by atoms with E-state index in [0.717, 1.165) is 12.2 Å². The van der Waals surface area contributed by atoms with Crippen LogP contribution < -0.4 is 5.32 Å². The summed E-state index contributed by atoms with van der Waals surface area (Å²) in [5.74, 6) is -0.151. The van der Waals surface area contributed by atoms with Gasteiger partial charge in [-0.05, 0) is 19.6 Å². The van der Waals surface area contributed by atoms with Crippen molar-refractivity contribution in [3.05, 3.63) is 0 Å². The molecule has 0 saturated carbocycles. The second-order valence-corrected chi connectivity index (χ2v) is 4.33. The Morgan fingerprint density at radius 1 is 1.44 bits per heavy atom. The van der Waals surface area contributed by atoms with E-state index in [4.69, 9.17) is 5.11 Å². The van der Waals surface area contributed by atoms with Crippen LogP contribution in [0.4, 0.5) is 4.79 Å². The molecule has 94 valence electrons. The number of nitrogens with one attached hydrogen (secondary N) is 1. The van der Waals surface area contributed by atoms with Gasteiger partial charge in [0.05, 0.1) is 0 Å². The molecule has 0 spiro atoms. The molecule has 0 aliphatic rings. The minimum atomic E-state index is -0.991. The van der Waals surface area contributed by atoms with E-state index >= 15 is 0 Å². The molecule has 5 nitrogen and oxygen atoms in total. The smallest absolute Gasteiger partial charge is 0.323 e. The van der Waals surface area contributed by atoms with Crippen LogP contribution in [0.3, 0.4) is 0 Å². The van der Waals surface area contributed by atoms with Crippen LogP contribution in [0.15, 0.2) is 0 Å². The highest BCUT2D eigenvalue weighted by molar-refractivity contribution is 7.98. The van der Waals surface area contributed by atoms with Crippen molar-refractivity contribution in [2.45, 2.75) is 26.3 Å². The third-order valence-corrected chi connectivity index (χ3v) is 2.92. The summed E-state index contributed by atoms with van der Waals surface area (Å²) in [4.78, 5) is 23.5. The third kappa shape index (κ3) is 5.85. The molecule has 0 aromatic rings. The molecule has 0 saturated heterocycles. The van der Waals surface area contributed by atoms with Crippen LogP contribution in [-0.2, 0) is 4.79 Å². The lowest BCUT2D eigenvalue weighted by Crippen LogP contribution is -2.47. The lowest BCUT2D eigenvalue weighted by atomic mass is 10.2. The first kappa shape index (κ1) is 15.1. The van der Waals surface area contributed by atoms with Gasteiger partial charge >= 0.3 is 12.0 Å². The van der Waals surface area contributed by atoms with Gasteiger partial charge in [0.1, 0.15) is 6.54 Å². The maximum absolute atomic E-state index is 11.7. The SMILES string of the molecule is CCC(CSC)NC(=O)N(CC)CC(=O)O. The minimum absolute atomic E-state index is 0.102. The molecular formula is C10H20N2O3S. The number of likely N-dealkylation sites (N-methyl/N-ethyl adjacent to an activating group) is 1. The fourth-order valence-corrected chi connectivity index (χ4v) is 1.94. The lowest BCUT2D eigenvalue weighted by molar-refractivity contribution is -0.137. The number of thioether (sulfide) groups is 1. The van der Waals surface area contributed by atoms with Gasteiger partial charge in [0.15, 0.2) is 0 Å². The van der Waals surface area contributed by atoms with Crippen LogP contribution in [-0.4, -0.2) is 53.1 Å². The molecule has 0 aromatic heterocycles. The van der Waals surface area contributed by atoms with E-state index in [2.05, 4.69) is 5.32 Å². The first-order valence-electron chi connectivity index (χ1n) is 5.31. The van der Waals surface area contributed by atoms with Gasteiger partial charge in [-0.2, -0.15) is 11.8 Å². The van der Waals surface area contributed by atoms with Crippen molar-refractivity contribution >= 4 is 23.8 Å². The monoisotopic (exact) mass is 248 g/mol. The number of hydrogen-bond acceptors (Lipinski definition) is 3. The molecule has 0 aromatic carbocycles. The van der Waals surface area contributed by atoms with Crippen molar-refractivity contribution in [2.24, 2.45) is 0 Å². The number of hydrogen-bond donors (Lipinski definition) is 2. The first-order valence-corrected chi connectivity index (χ1v) is 6.70. The molecule has 2 N–H and O–H groups in total. The zero-order chi connectivity index (χ0) is 12.6. The molecule has 0 aliphatic carbocycles. The number of carboxylic acids is 1. The Kier molecular flexibility index (Phi) is 7.80. The second-order valence-electron chi connectivity index (χ2n) is 3.42. The first-order chi connectivity index (χ1) is 7.54. The van der Waals surface area contributed by atoms with Crippen molar-refractivity contribution in [1.82, 2.24) is 10.2 Å². The Bertz CT molecular complexity index is 236. The molecule has 6 heteroatoms. The highest BCUT2D eigenvalue weighted by Crippen LogP contribution is 2.02. The number of aliphatic carboxylic acids is 1. The number of carbonyl (C=O) groups is 2. The zero-order valence-electron chi connectivity index (χ0n) is 10.0. The number of amides is 2. The Morgan fingerprint density at radius 2 is 2.06 bits per heavy atom. The largest absolute Gasteiger partial charge is 0.480 e. The van der Waals surface area contributed by atoms with Crippen molar-refractivity contribution in [2.75, 3.05) is 25.1 Å². The Morgan fingerprint density at radius 3 is 2.44 bits per heavy atom. The van der Waals surface area contributed by atoms with Gasteiger partial charge in [0, 0.05) is 18.3 Å². The van der Waals surface area contributed by atoms with E-state index in [-0.39, 0.29) is 18.6 Å². The summed E-state index contributed by atoms with van der Waals surface area (Å²) in [7, 11) is 0. The van der Waals surface area contributed by atoms with Crippen molar-refractivity contribution in [3.63, 3.8) is 0 Å². The number of urea groups is 1. The quantitative estimate of drug-likeness (QED) is 0.711. The Labute approximate surface area is 101 Å². The maximum atomic E-state index is 11.7. The number of rotatable bonds is 7. The predicted octanol–water partition coefficient (Wildman–Crippen LogP) is 1.24. The fourth-order valence-electron chi connectivity index (χ4n) is 1.22. The predicted molar refractivity (Wildman–Crippen MR) is 65.9 cm³/mol. The van der Waals surface area contributed by atoms with Gasteiger partial charge in [-0.3, -0.25) is 4.79 Å². The number of carboxylic acid groups (broad SMARTS) is 1. The minimum Gasteiger partial charge on any atom is -0.480 e. The van der Waals surface area contributed by atoms with Crippen LogP contribution in [0, 0.1) is 0 Å².